The molecule has 0 spiro atoms. The fourth-order valence-corrected chi connectivity index (χ4v) is 2.34. The Morgan fingerprint density at radius 1 is 1.38 bits per heavy atom. The second-order valence-electron chi connectivity index (χ2n) is 5.34. The zero-order chi connectivity index (χ0) is 11.9. The highest BCUT2D eigenvalue weighted by Gasteiger charge is 2.29. The van der Waals surface area contributed by atoms with Gasteiger partial charge in [-0.05, 0) is 30.4 Å². The van der Waals surface area contributed by atoms with E-state index in [1.807, 2.05) is 12.1 Å². The Morgan fingerprint density at radius 2 is 2.06 bits per heavy atom. The number of fused-ring (bicyclic) bond motifs is 1. The minimum Gasteiger partial charge on any atom is -0.374 e. The predicted octanol–water partition coefficient (Wildman–Crippen LogP) is 3.01. The first-order valence-electron chi connectivity index (χ1n) is 5.78. The van der Waals surface area contributed by atoms with Crippen molar-refractivity contribution in [3.63, 3.8) is 0 Å². The average molecular weight is 217 g/mol. The van der Waals surface area contributed by atoms with Crippen molar-refractivity contribution in [3.8, 4) is 0 Å². The van der Waals surface area contributed by atoms with Gasteiger partial charge in [-0.3, -0.25) is 4.79 Å². The van der Waals surface area contributed by atoms with Crippen LogP contribution < -0.4 is 4.90 Å². The molecular weight excluding hydrogens is 198 g/mol. The summed E-state index contributed by atoms with van der Waals surface area (Å²) in [4.78, 5) is 13.6. The lowest BCUT2D eigenvalue weighted by atomic mass is 9.77. The average Bonchev–Trinajstić information content (AvgIpc) is 2.23. The van der Waals surface area contributed by atoms with Crippen LogP contribution in [0.5, 0.6) is 0 Å². The summed E-state index contributed by atoms with van der Waals surface area (Å²) < 4.78 is 0. The van der Waals surface area contributed by atoms with Gasteiger partial charge in [0.1, 0.15) is 0 Å². The Morgan fingerprint density at radius 3 is 2.69 bits per heavy atom. The van der Waals surface area contributed by atoms with Crippen molar-refractivity contribution < 1.29 is 4.79 Å². The van der Waals surface area contributed by atoms with Crippen molar-refractivity contribution in [3.05, 3.63) is 29.3 Å². The molecule has 1 aliphatic heterocycles. The van der Waals surface area contributed by atoms with Gasteiger partial charge in [-0.25, -0.2) is 0 Å². The van der Waals surface area contributed by atoms with E-state index >= 15 is 0 Å². The second-order valence-corrected chi connectivity index (χ2v) is 5.34. The molecule has 0 aliphatic carbocycles. The number of rotatable bonds is 1. The first-order chi connectivity index (χ1) is 7.42. The Bertz CT molecular complexity index is 434. The number of benzene rings is 1. The molecule has 0 aromatic heterocycles. The molecule has 1 aromatic carbocycles. The number of hydrogen-bond acceptors (Lipinski definition) is 2. The summed E-state index contributed by atoms with van der Waals surface area (Å²) in [7, 11) is 2.10. The van der Waals surface area contributed by atoms with Crippen molar-refractivity contribution in [1.82, 2.24) is 0 Å². The number of carbonyl (C=O) groups excluding carboxylic acids is 1. The maximum absolute atomic E-state index is 11.4. The highest BCUT2D eigenvalue weighted by Crippen LogP contribution is 2.39. The van der Waals surface area contributed by atoms with Crippen LogP contribution in [0.2, 0.25) is 0 Å². The number of Topliss-reactive ketones (excluding diaryl/α,β-unsaturated/α-hetero) is 1. The Labute approximate surface area is 97.3 Å². The SMILES string of the molecule is CC(=O)c1ccc2c(c1)N(C)CCC2(C)C. The third-order valence-electron chi connectivity index (χ3n) is 3.62. The maximum Gasteiger partial charge on any atom is 0.159 e. The van der Waals surface area contributed by atoms with E-state index in [0.29, 0.717) is 0 Å². The molecule has 1 heterocycles. The van der Waals surface area contributed by atoms with Gasteiger partial charge in [-0.1, -0.05) is 26.0 Å². The van der Waals surface area contributed by atoms with Crippen molar-refractivity contribution in [1.29, 1.82) is 0 Å². The highest BCUT2D eigenvalue weighted by molar-refractivity contribution is 5.95. The molecule has 0 unspecified atom stereocenters. The van der Waals surface area contributed by atoms with Gasteiger partial charge in [-0.2, -0.15) is 0 Å². The number of anilines is 1. The minimum absolute atomic E-state index is 0.138. The lowest BCUT2D eigenvalue weighted by molar-refractivity contribution is 0.101. The fraction of sp³-hybridized carbons (Fsp3) is 0.500. The van der Waals surface area contributed by atoms with Crippen LogP contribution in [-0.2, 0) is 5.41 Å². The molecule has 2 rings (SSSR count). The molecule has 1 aromatic rings. The molecule has 0 saturated carbocycles. The molecule has 0 amide bonds. The van der Waals surface area contributed by atoms with Crippen LogP contribution in [0.15, 0.2) is 18.2 Å². The highest BCUT2D eigenvalue weighted by atomic mass is 16.1. The Kier molecular flexibility index (Phi) is 2.53. The minimum atomic E-state index is 0.138. The summed E-state index contributed by atoms with van der Waals surface area (Å²) in [5.41, 5.74) is 3.59. The summed E-state index contributed by atoms with van der Waals surface area (Å²) in [6, 6.07) is 6.09. The van der Waals surface area contributed by atoms with Crippen LogP contribution in [0.1, 0.15) is 43.1 Å². The van der Waals surface area contributed by atoms with E-state index in [9.17, 15) is 4.79 Å². The topological polar surface area (TPSA) is 20.3 Å². The van der Waals surface area contributed by atoms with E-state index in [1.54, 1.807) is 6.92 Å². The lowest BCUT2D eigenvalue weighted by Gasteiger charge is -2.38. The van der Waals surface area contributed by atoms with Gasteiger partial charge in [-0.15, -0.1) is 0 Å². The third kappa shape index (κ3) is 1.73. The molecular formula is C14H19NO. The monoisotopic (exact) mass is 217 g/mol. The van der Waals surface area contributed by atoms with Crippen LogP contribution >= 0.6 is 0 Å². The van der Waals surface area contributed by atoms with Gasteiger partial charge >= 0.3 is 0 Å². The molecule has 2 heteroatoms. The number of hydrogen-bond donors (Lipinski definition) is 0. The molecule has 1 aliphatic rings. The van der Waals surface area contributed by atoms with Gasteiger partial charge in [0, 0.05) is 24.8 Å². The Hall–Kier alpha value is -1.31. The van der Waals surface area contributed by atoms with Crippen LogP contribution in [0.4, 0.5) is 5.69 Å². The lowest BCUT2D eigenvalue weighted by Crippen LogP contribution is -2.34. The number of nitrogens with zero attached hydrogens (tertiary/aromatic N) is 1. The molecule has 0 bridgehead atoms. The molecule has 0 atom stereocenters. The standard InChI is InChI=1S/C14H19NO/c1-10(16)11-5-6-12-13(9-11)15(4)8-7-14(12,2)3/h5-6,9H,7-8H2,1-4H3. The van der Waals surface area contributed by atoms with Crippen molar-refractivity contribution in [2.24, 2.45) is 0 Å². The molecule has 0 saturated heterocycles. The van der Waals surface area contributed by atoms with Gasteiger partial charge in [0.2, 0.25) is 0 Å². The summed E-state index contributed by atoms with van der Waals surface area (Å²) >= 11 is 0. The first-order valence-corrected chi connectivity index (χ1v) is 5.78. The van der Waals surface area contributed by atoms with Crippen LogP contribution in [0.25, 0.3) is 0 Å². The first kappa shape index (κ1) is 11.2. The van der Waals surface area contributed by atoms with Gasteiger partial charge < -0.3 is 4.90 Å². The third-order valence-corrected chi connectivity index (χ3v) is 3.62. The zero-order valence-corrected chi connectivity index (χ0v) is 10.5. The normalized spacial score (nSPS) is 18.1. The molecule has 0 radical (unpaired) electrons. The largest absolute Gasteiger partial charge is 0.374 e. The van der Waals surface area contributed by atoms with Gasteiger partial charge in [0.25, 0.3) is 0 Å². The molecule has 16 heavy (non-hydrogen) atoms. The number of carbonyl (C=O) groups is 1. The van der Waals surface area contributed by atoms with Gasteiger partial charge in [0.15, 0.2) is 5.78 Å². The smallest absolute Gasteiger partial charge is 0.159 e. The Balaban J connectivity index is 2.56. The van der Waals surface area contributed by atoms with E-state index < -0.39 is 0 Å². The van der Waals surface area contributed by atoms with Crippen LogP contribution in [-0.4, -0.2) is 19.4 Å². The summed E-state index contributed by atoms with van der Waals surface area (Å²) in [6.07, 6.45) is 1.16. The van der Waals surface area contributed by atoms with E-state index in [1.165, 1.54) is 11.3 Å². The second kappa shape index (κ2) is 3.62. The predicted molar refractivity (Wildman–Crippen MR) is 67.4 cm³/mol. The molecule has 0 N–H and O–H groups in total. The summed E-state index contributed by atoms with van der Waals surface area (Å²) in [5, 5.41) is 0. The van der Waals surface area contributed by atoms with E-state index in [4.69, 9.17) is 0 Å². The van der Waals surface area contributed by atoms with Crippen LogP contribution in [0.3, 0.4) is 0 Å². The number of ketones is 1. The maximum atomic E-state index is 11.4. The van der Waals surface area contributed by atoms with E-state index in [0.717, 1.165) is 18.5 Å². The van der Waals surface area contributed by atoms with Crippen LogP contribution in [0, 0.1) is 0 Å². The van der Waals surface area contributed by atoms with Crippen molar-refractivity contribution in [2.75, 3.05) is 18.5 Å². The van der Waals surface area contributed by atoms with E-state index in [2.05, 4.69) is 31.9 Å². The summed E-state index contributed by atoms with van der Waals surface area (Å²) in [6.45, 7) is 7.22. The molecule has 2 nitrogen and oxygen atoms in total. The zero-order valence-electron chi connectivity index (χ0n) is 10.5. The van der Waals surface area contributed by atoms with Crippen molar-refractivity contribution in [2.45, 2.75) is 32.6 Å². The quantitative estimate of drug-likeness (QED) is 0.674. The molecule has 0 fully saturated rings. The molecule has 86 valence electrons. The summed E-state index contributed by atoms with van der Waals surface area (Å²) in [5.74, 6) is 0.138. The van der Waals surface area contributed by atoms with Crippen molar-refractivity contribution >= 4 is 11.5 Å². The van der Waals surface area contributed by atoms with Gasteiger partial charge in [0.05, 0.1) is 0 Å². The van der Waals surface area contributed by atoms with E-state index in [-0.39, 0.29) is 11.2 Å². The fourth-order valence-electron chi connectivity index (χ4n) is 2.34.